The van der Waals surface area contributed by atoms with Crippen molar-refractivity contribution >= 4 is 12.1 Å². The fourth-order valence-electron chi connectivity index (χ4n) is 2.18. The molecule has 6 heteroatoms. The Labute approximate surface area is 156 Å². The van der Waals surface area contributed by atoms with Crippen LogP contribution in [0.2, 0.25) is 0 Å². The molecule has 0 radical (unpaired) electrons. The molecule has 1 rings (SSSR count). The molecule has 0 aliphatic heterocycles. The lowest BCUT2D eigenvalue weighted by Crippen LogP contribution is -2.44. The van der Waals surface area contributed by atoms with Crippen LogP contribution < -0.4 is 5.32 Å². The first-order chi connectivity index (χ1) is 11.8. The predicted octanol–water partition coefficient (Wildman–Crippen LogP) is 3.44. The number of nitrogens with zero attached hydrogens (tertiary/aromatic N) is 1. The number of nitrogens with one attached hydrogen (secondary N) is 1. The number of rotatable bonds is 6. The molecule has 0 spiro atoms. The molecule has 0 heterocycles. The highest BCUT2D eigenvalue weighted by Gasteiger charge is 2.24. The minimum absolute atomic E-state index is 0.0738. The quantitative estimate of drug-likeness (QED) is 0.808. The molecule has 0 aliphatic carbocycles. The van der Waals surface area contributed by atoms with Crippen molar-refractivity contribution in [3.8, 4) is 0 Å². The van der Waals surface area contributed by atoms with Gasteiger partial charge in [-0.3, -0.25) is 4.90 Å². The molecule has 1 unspecified atom stereocenters. The number of carboxylic acid groups (broad SMARTS) is 1. The molecule has 0 aliphatic rings. The Morgan fingerprint density at radius 3 is 2.00 bits per heavy atom. The van der Waals surface area contributed by atoms with Crippen molar-refractivity contribution < 1.29 is 19.4 Å². The first-order valence-electron chi connectivity index (χ1n) is 8.79. The highest BCUT2D eigenvalue weighted by Crippen LogP contribution is 2.16. The van der Waals surface area contributed by atoms with Gasteiger partial charge >= 0.3 is 12.1 Å². The molecule has 1 amide bonds. The van der Waals surface area contributed by atoms with E-state index >= 15 is 0 Å². The van der Waals surface area contributed by atoms with Gasteiger partial charge in [-0.15, -0.1) is 0 Å². The van der Waals surface area contributed by atoms with E-state index in [-0.39, 0.29) is 12.0 Å². The summed E-state index contributed by atoms with van der Waals surface area (Å²) < 4.78 is 5.13. The van der Waals surface area contributed by atoms with E-state index in [1.54, 1.807) is 20.8 Å². The summed E-state index contributed by atoms with van der Waals surface area (Å²) >= 11 is 0. The summed E-state index contributed by atoms with van der Waals surface area (Å²) in [7, 11) is 2.07. The summed E-state index contributed by atoms with van der Waals surface area (Å²) in [6, 6.07) is 6.75. The summed E-state index contributed by atoms with van der Waals surface area (Å²) in [6.45, 7) is 12.5. The van der Waals surface area contributed by atoms with E-state index in [0.29, 0.717) is 0 Å². The van der Waals surface area contributed by atoms with Gasteiger partial charge in [0, 0.05) is 18.5 Å². The number of benzene rings is 1. The molecule has 1 atom stereocenters. The van der Waals surface area contributed by atoms with Crippen molar-refractivity contribution in [3.05, 3.63) is 35.4 Å². The Balaban J connectivity index is 2.72. The molecule has 1 aromatic carbocycles. The second-order valence-corrected chi connectivity index (χ2v) is 8.58. The van der Waals surface area contributed by atoms with E-state index in [1.165, 1.54) is 0 Å². The van der Waals surface area contributed by atoms with Crippen molar-refractivity contribution in [3.63, 3.8) is 0 Å². The van der Waals surface area contributed by atoms with Crippen LogP contribution in [0.4, 0.5) is 4.79 Å². The van der Waals surface area contributed by atoms with Gasteiger partial charge in [0.15, 0.2) is 0 Å². The summed E-state index contributed by atoms with van der Waals surface area (Å²) in [6.07, 6.45) is -0.530. The number of ether oxygens (including phenoxy) is 1. The third-order valence-corrected chi connectivity index (χ3v) is 4.02. The van der Waals surface area contributed by atoms with Crippen LogP contribution in [0.25, 0.3) is 0 Å². The average Bonchev–Trinajstić information content (AvgIpc) is 2.45. The Hall–Kier alpha value is -2.08. The fourth-order valence-corrected chi connectivity index (χ4v) is 2.18. The lowest BCUT2D eigenvalue weighted by Gasteiger charge is -2.32. The van der Waals surface area contributed by atoms with E-state index in [9.17, 15) is 14.7 Å². The van der Waals surface area contributed by atoms with Gasteiger partial charge in [-0.05, 0) is 59.7 Å². The molecule has 0 saturated carbocycles. The Morgan fingerprint density at radius 2 is 1.58 bits per heavy atom. The van der Waals surface area contributed by atoms with Crippen LogP contribution in [0.5, 0.6) is 0 Å². The molecular weight excluding hydrogens is 332 g/mol. The molecule has 26 heavy (non-hydrogen) atoms. The normalized spacial score (nSPS) is 13.4. The smallest absolute Gasteiger partial charge is 0.408 e. The largest absolute Gasteiger partial charge is 0.480 e. The minimum atomic E-state index is -1.09. The van der Waals surface area contributed by atoms with E-state index in [2.05, 4.69) is 38.0 Å². The molecule has 146 valence electrons. The Morgan fingerprint density at radius 1 is 1.08 bits per heavy atom. The fraction of sp³-hybridized carbons (Fsp3) is 0.600. The topological polar surface area (TPSA) is 78.9 Å². The maximum atomic E-state index is 11.8. The molecule has 0 bridgehead atoms. The van der Waals surface area contributed by atoms with E-state index in [4.69, 9.17) is 4.74 Å². The third-order valence-electron chi connectivity index (χ3n) is 4.02. The molecule has 0 fully saturated rings. The van der Waals surface area contributed by atoms with Crippen LogP contribution in [-0.4, -0.2) is 46.3 Å². The number of hydrogen-bond acceptors (Lipinski definition) is 4. The van der Waals surface area contributed by atoms with E-state index in [0.717, 1.165) is 17.7 Å². The van der Waals surface area contributed by atoms with Crippen molar-refractivity contribution in [1.29, 1.82) is 0 Å². The number of amides is 1. The standard InChI is InChI=1S/C20H32N2O4/c1-19(2,3)22(7)13-15-10-8-14(9-11-15)12-16(17(23)24)21-18(25)26-20(4,5)6/h8-11,16H,12-13H2,1-7H3,(H,21,25)(H,23,24). The maximum absolute atomic E-state index is 11.8. The zero-order valence-electron chi connectivity index (χ0n) is 16.9. The van der Waals surface area contributed by atoms with E-state index < -0.39 is 23.7 Å². The van der Waals surface area contributed by atoms with Crippen molar-refractivity contribution in [2.45, 2.75) is 71.7 Å². The second-order valence-electron chi connectivity index (χ2n) is 8.58. The van der Waals surface area contributed by atoms with Gasteiger partial charge in [0.05, 0.1) is 0 Å². The van der Waals surface area contributed by atoms with Gasteiger partial charge < -0.3 is 15.2 Å². The number of carbonyl (C=O) groups excluding carboxylic acids is 1. The second kappa shape index (κ2) is 8.54. The molecule has 1 aromatic rings. The van der Waals surface area contributed by atoms with Gasteiger partial charge in [-0.25, -0.2) is 9.59 Å². The number of aliphatic carboxylic acids is 1. The van der Waals surface area contributed by atoms with Gasteiger partial charge in [-0.1, -0.05) is 24.3 Å². The summed E-state index contributed by atoms with van der Waals surface area (Å²) in [5.74, 6) is -1.09. The highest BCUT2D eigenvalue weighted by atomic mass is 16.6. The van der Waals surface area contributed by atoms with Crippen molar-refractivity contribution in [2.24, 2.45) is 0 Å². The minimum Gasteiger partial charge on any atom is -0.480 e. The van der Waals surface area contributed by atoms with Crippen LogP contribution in [0.3, 0.4) is 0 Å². The molecular formula is C20H32N2O4. The van der Waals surface area contributed by atoms with Crippen molar-refractivity contribution in [1.82, 2.24) is 10.2 Å². The molecule has 0 saturated heterocycles. The molecule has 0 aromatic heterocycles. The van der Waals surface area contributed by atoms with Crippen molar-refractivity contribution in [2.75, 3.05) is 7.05 Å². The van der Waals surface area contributed by atoms with Gasteiger partial charge in [0.25, 0.3) is 0 Å². The monoisotopic (exact) mass is 364 g/mol. The number of carboxylic acids is 1. The summed E-state index contributed by atoms with van der Waals surface area (Å²) in [5, 5.41) is 11.8. The van der Waals surface area contributed by atoms with E-state index in [1.807, 2.05) is 24.3 Å². The Bertz CT molecular complexity index is 612. The SMILES string of the molecule is CN(Cc1ccc(CC(NC(=O)OC(C)(C)C)C(=O)O)cc1)C(C)(C)C. The number of alkyl carbamates (subject to hydrolysis) is 1. The third kappa shape index (κ3) is 7.87. The lowest BCUT2D eigenvalue weighted by atomic mass is 10.0. The highest BCUT2D eigenvalue weighted by molar-refractivity contribution is 5.80. The zero-order chi connectivity index (χ0) is 20.1. The average molecular weight is 364 g/mol. The number of carbonyl (C=O) groups is 2. The number of hydrogen-bond donors (Lipinski definition) is 2. The van der Waals surface area contributed by atoms with Crippen LogP contribution in [-0.2, 0) is 22.5 Å². The molecule has 6 nitrogen and oxygen atoms in total. The predicted molar refractivity (Wildman–Crippen MR) is 102 cm³/mol. The summed E-state index contributed by atoms with van der Waals surface area (Å²) in [4.78, 5) is 25.5. The lowest BCUT2D eigenvalue weighted by molar-refractivity contribution is -0.139. The van der Waals surface area contributed by atoms with Gasteiger partial charge in [0.2, 0.25) is 0 Å². The first-order valence-corrected chi connectivity index (χ1v) is 8.79. The first kappa shape index (κ1) is 22.0. The van der Waals surface area contributed by atoms with Crippen LogP contribution in [0.15, 0.2) is 24.3 Å². The molecule has 2 N–H and O–H groups in total. The van der Waals surface area contributed by atoms with Crippen LogP contribution >= 0.6 is 0 Å². The summed E-state index contributed by atoms with van der Waals surface area (Å²) in [5.41, 5.74) is 1.40. The van der Waals surface area contributed by atoms with Gasteiger partial charge in [-0.2, -0.15) is 0 Å². The zero-order valence-corrected chi connectivity index (χ0v) is 16.9. The van der Waals surface area contributed by atoms with Gasteiger partial charge in [0.1, 0.15) is 11.6 Å². The Kier molecular flexibility index (Phi) is 7.21. The maximum Gasteiger partial charge on any atom is 0.408 e. The van der Waals surface area contributed by atoms with Crippen LogP contribution in [0, 0.1) is 0 Å². The van der Waals surface area contributed by atoms with Crippen LogP contribution in [0.1, 0.15) is 52.7 Å².